The van der Waals surface area contributed by atoms with Gasteiger partial charge in [0.15, 0.2) is 0 Å². The molecule has 1 aromatic rings. The lowest BCUT2D eigenvalue weighted by Gasteiger charge is -2.08. The average Bonchev–Trinajstić information content (AvgIpc) is 2.64. The Labute approximate surface area is 105 Å². The number of nitrogens with two attached hydrogens (primary N) is 1. The van der Waals surface area contributed by atoms with E-state index in [9.17, 15) is 4.79 Å². The Balaban J connectivity index is 2.51. The van der Waals surface area contributed by atoms with E-state index in [0.717, 1.165) is 11.4 Å². The maximum atomic E-state index is 11.6. The molecule has 0 saturated carbocycles. The number of nitrogens with one attached hydrogen (secondary N) is 1. The van der Waals surface area contributed by atoms with E-state index in [-0.39, 0.29) is 12.5 Å². The first-order valence-corrected chi connectivity index (χ1v) is 6.22. The molecular weight excluding hydrogens is 240 g/mol. The molecule has 0 aliphatic carbocycles. The van der Waals surface area contributed by atoms with Gasteiger partial charge in [0.2, 0.25) is 11.0 Å². The minimum atomic E-state index is -0.683. The van der Waals surface area contributed by atoms with E-state index in [2.05, 4.69) is 29.4 Å². The van der Waals surface area contributed by atoms with Crippen LogP contribution >= 0.6 is 11.3 Å². The van der Waals surface area contributed by atoms with Crippen LogP contribution in [0.5, 0.6) is 0 Å². The van der Waals surface area contributed by atoms with Crippen LogP contribution in [0.3, 0.4) is 0 Å². The van der Waals surface area contributed by atoms with Crippen LogP contribution in [0.2, 0.25) is 0 Å². The number of nitrogens with zero attached hydrogens (tertiary/aromatic N) is 2. The van der Waals surface area contributed by atoms with Crippen molar-refractivity contribution in [3.05, 3.63) is 5.01 Å². The Bertz CT molecular complexity index is 367. The summed E-state index contributed by atoms with van der Waals surface area (Å²) in [5.74, 6) is 0.210. The van der Waals surface area contributed by atoms with Gasteiger partial charge < -0.3 is 10.5 Å². The molecule has 0 aromatic carbocycles. The Hall–Kier alpha value is -1.05. The fourth-order valence-electron chi connectivity index (χ4n) is 1.19. The third-order valence-corrected chi connectivity index (χ3v) is 2.82. The number of rotatable bonds is 6. The molecule has 1 unspecified atom stereocenters. The summed E-state index contributed by atoms with van der Waals surface area (Å²) in [6, 6.07) is -0.683. The highest BCUT2D eigenvalue weighted by Gasteiger charge is 2.15. The zero-order valence-corrected chi connectivity index (χ0v) is 11.1. The van der Waals surface area contributed by atoms with E-state index < -0.39 is 6.04 Å². The molecule has 1 rings (SSSR count). The van der Waals surface area contributed by atoms with Gasteiger partial charge in [0.05, 0.1) is 6.61 Å². The van der Waals surface area contributed by atoms with Crippen molar-refractivity contribution in [2.75, 3.05) is 19.0 Å². The Morgan fingerprint density at radius 2 is 2.24 bits per heavy atom. The largest absolute Gasteiger partial charge is 0.383 e. The molecule has 1 aromatic heterocycles. The van der Waals surface area contributed by atoms with Gasteiger partial charge in [-0.3, -0.25) is 10.1 Å². The van der Waals surface area contributed by atoms with Crippen LogP contribution in [0.1, 0.15) is 18.9 Å². The number of carbonyl (C=O) groups is 1. The molecule has 0 saturated heterocycles. The monoisotopic (exact) mass is 258 g/mol. The van der Waals surface area contributed by atoms with Gasteiger partial charge in [-0.2, -0.15) is 0 Å². The van der Waals surface area contributed by atoms with Gasteiger partial charge in [0.1, 0.15) is 11.0 Å². The third kappa shape index (κ3) is 4.76. The molecule has 17 heavy (non-hydrogen) atoms. The first kappa shape index (κ1) is 14.0. The predicted molar refractivity (Wildman–Crippen MR) is 66.9 cm³/mol. The lowest BCUT2D eigenvalue weighted by molar-refractivity contribution is -0.118. The minimum absolute atomic E-state index is 0.184. The smallest absolute Gasteiger partial charge is 0.245 e. The average molecular weight is 258 g/mol. The summed E-state index contributed by atoms with van der Waals surface area (Å²) in [7, 11) is 1.50. The van der Waals surface area contributed by atoms with Crippen LogP contribution < -0.4 is 11.1 Å². The van der Waals surface area contributed by atoms with Crippen LogP contribution in [0.4, 0.5) is 5.13 Å². The highest BCUT2D eigenvalue weighted by molar-refractivity contribution is 7.15. The van der Waals surface area contributed by atoms with Crippen LogP contribution in [-0.2, 0) is 16.0 Å². The van der Waals surface area contributed by atoms with E-state index in [4.69, 9.17) is 10.5 Å². The second kappa shape index (κ2) is 6.63. The number of ether oxygens (including phenoxy) is 1. The van der Waals surface area contributed by atoms with E-state index in [1.165, 1.54) is 18.4 Å². The van der Waals surface area contributed by atoms with Gasteiger partial charge in [-0.15, -0.1) is 10.2 Å². The molecule has 0 aliphatic rings. The zero-order valence-electron chi connectivity index (χ0n) is 10.3. The first-order valence-electron chi connectivity index (χ1n) is 5.40. The summed E-state index contributed by atoms with van der Waals surface area (Å²) < 4.78 is 4.80. The topological polar surface area (TPSA) is 90.1 Å². The maximum Gasteiger partial charge on any atom is 0.245 e. The minimum Gasteiger partial charge on any atom is -0.383 e. The van der Waals surface area contributed by atoms with Crippen molar-refractivity contribution in [1.82, 2.24) is 10.2 Å². The number of anilines is 1. The normalized spacial score (nSPS) is 12.8. The van der Waals surface area contributed by atoms with E-state index in [0.29, 0.717) is 11.0 Å². The summed E-state index contributed by atoms with van der Waals surface area (Å²) in [5, 5.41) is 11.9. The second-order valence-corrected chi connectivity index (χ2v) is 5.21. The maximum absolute atomic E-state index is 11.6. The number of hydrogen-bond acceptors (Lipinski definition) is 6. The van der Waals surface area contributed by atoms with Crippen LogP contribution in [0, 0.1) is 5.92 Å². The molecule has 0 fully saturated rings. The molecule has 0 radical (unpaired) electrons. The zero-order chi connectivity index (χ0) is 12.8. The molecule has 1 amide bonds. The molecule has 96 valence electrons. The Morgan fingerprint density at radius 3 is 2.82 bits per heavy atom. The number of carbonyl (C=O) groups excluding carboxylic acids is 1. The highest BCUT2D eigenvalue weighted by atomic mass is 32.1. The van der Waals surface area contributed by atoms with Gasteiger partial charge >= 0.3 is 0 Å². The van der Waals surface area contributed by atoms with Gasteiger partial charge in [0.25, 0.3) is 0 Å². The third-order valence-electron chi connectivity index (χ3n) is 1.96. The summed E-state index contributed by atoms with van der Waals surface area (Å²) in [6.07, 6.45) is 0.859. The first-order chi connectivity index (χ1) is 8.02. The number of amides is 1. The van der Waals surface area contributed by atoms with E-state index in [1.54, 1.807) is 0 Å². The molecule has 1 heterocycles. The molecule has 0 aliphatic heterocycles. The van der Waals surface area contributed by atoms with Gasteiger partial charge in [-0.25, -0.2) is 0 Å². The highest BCUT2D eigenvalue weighted by Crippen LogP contribution is 2.18. The lowest BCUT2D eigenvalue weighted by atomic mass is 10.1. The fraction of sp³-hybridized carbons (Fsp3) is 0.700. The molecule has 1 atom stereocenters. The van der Waals surface area contributed by atoms with E-state index in [1.807, 2.05) is 0 Å². The Morgan fingerprint density at radius 1 is 1.53 bits per heavy atom. The number of aromatic nitrogens is 2. The van der Waals surface area contributed by atoms with Gasteiger partial charge in [-0.1, -0.05) is 25.2 Å². The van der Waals surface area contributed by atoms with Crippen molar-refractivity contribution in [2.45, 2.75) is 26.3 Å². The standard InChI is InChI=1S/C10H18N4O2S/c1-6(2)4-8-13-14-10(17-8)12-9(15)7(11)5-16-3/h6-7H,4-5,11H2,1-3H3,(H,12,14,15). The van der Waals surface area contributed by atoms with Crippen molar-refractivity contribution in [1.29, 1.82) is 0 Å². The molecule has 0 spiro atoms. The van der Waals surface area contributed by atoms with Crippen molar-refractivity contribution >= 4 is 22.4 Å². The molecule has 3 N–H and O–H groups in total. The summed E-state index contributed by atoms with van der Waals surface area (Å²) in [4.78, 5) is 11.6. The molecule has 6 nitrogen and oxygen atoms in total. The number of methoxy groups -OCH3 is 1. The SMILES string of the molecule is COCC(N)C(=O)Nc1nnc(CC(C)C)s1. The molecule has 7 heteroatoms. The van der Waals surface area contributed by atoms with Crippen molar-refractivity contribution < 1.29 is 9.53 Å². The van der Waals surface area contributed by atoms with E-state index >= 15 is 0 Å². The quantitative estimate of drug-likeness (QED) is 0.782. The van der Waals surface area contributed by atoms with Crippen LogP contribution in [0.25, 0.3) is 0 Å². The summed E-state index contributed by atoms with van der Waals surface area (Å²) >= 11 is 1.37. The fourth-order valence-corrected chi connectivity index (χ4v) is 2.14. The second-order valence-electron chi connectivity index (χ2n) is 4.15. The molecular formula is C10H18N4O2S. The predicted octanol–water partition coefficient (Wildman–Crippen LogP) is 0.649. The van der Waals surface area contributed by atoms with Crippen molar-refractivity contribution in [2.24, 2.45) is 11.7 Å². The van der Waals surface area contributed by atoms with Crippen molar-refractivity contribution in [3.63, 3.8) is 0 Å². The summed E-state index contributed by atoms with van der Waals surface area (Å²) in [5.41, 5.74) is 5.58. The molecule has 0 bridgehead atoms. The number of hydrogen-bond donors (Lipinski definition) is 2. The van der Waals surface area contributed by atoms with Gasteiger partial charge in [0, 0.05) is 13.5 Å². The van der Waals surface area contributed by atoms with Crippen LogP contribution in [-0.4, -0.2) is 35.9 Å². The van der Waals surface area contributed by atoms with Crippen LogP contribution in [0.15, 0.2) is 0 Å². The van der Waals surface area contributed by atoms with Crippen molar-refractivity contribution in [3.8, 4) is 0 Å². The van der Waals surface area contributed by atoms with Gasteiger partial charge in [-0.05, 0) is 5.92 Å². The summed E-state index contributed by atoms with van der Waals surface area (Å²) in [6.45, 7) is 4.39. The lowest BCUT2D eigenvalue weighted by Crippen LogP contribution is -2.39. The Kier molecular flexibility index (Phi) is 5.46.